The number of fused-ring (bicyclic) bond motifs is 3. The molecule has 0 bridgehead atoms. The van der Waals surface area contributed by atoms with Gasteiger partial charge in [-0.05, 0) is 25.8 Å². The minimum absolute atomic E-state index is 0.0195. The number of aromatic nitrogens is 1. The molecule has 0 spiro atoms. The monoisotopic (exact) mass is 337 g/mol. The Kier molecular flexibility index (Phi) is 3.86. The SMILES string of the molecule is C=C1N(CC)C(=O)c2cnc3c(OC)cccc3c2N1C1CCCC1. The maximum atomic E-state index is 13.0. The van der Waals surface area contributed by atoms with Gasteiger partial charge in [-0.2, -0.15) is 0 Å². The minimum Gasteiger partial charge on any atom is -0.494 e. The van der Waals surface area contributed by atoms with Crippen LogP contribution < -0.4 is 9.64 Å². The zero-order valence-corrected chi connectivity index (χ0v) is 14.8. The molecule has 0 radical (unpaired) electrons. The van der Waals surface area contributed by atoms with Gasteiger partial charge in [0.2, 0.25) is 0 Å². The highest BCUT2D eigenvalue weighted by atomic mass is 16.5. The van der Waals surface area contributed by atoms with Gasteiger partial charge in [-0.1, -0.05) is 31.6 Å². The molecule has 5 nitrogen and oxygen atoms in total. The van der Waals surface area contributed by atoms with E-state index < -0.39 is 0 Å². The smallest absolute Gasteiger partial charge is 0.263 e. The van der Waals surface area contributed by atoms with Crippen LogP contribution in [0.25, 0.3) is 10.9 Å². The lowest BCUT2D eigenvalue weighted by molar-refractivity contribution is 0.0797. The van der Waals surface area contributed by atoms with E-state index in [0.29, 0.717) is 18.2 Å². The van der Waals surface area contributed by atoms with Crippen molar-refractivity contribution in [2.75, 3.05) is 18.6 Å². The summed E-state index contributed by atoms with van der Waals surface area (Å²) in [5.41, 5.74) is 2.38. The van der Waals surface area contributed by atoms with E-state index in [1.165, 1.54) is 12.8 Å². The topological polar surface area (TPSA) is 45.7 Å². The average molecular weight is 337 g/mol. The number of rotatable bonds is 3. The fourth-order valence-electron chi connectivity index (χ4n) is 4.17. The zero-order valence-electron chi connectivity index (χ0n) is 14.8. The summed E-state index contributed by atoms with van der Waals surface area (Å²) in [7, 11) is 1.65. The number of amides is 1. The molecule has 2 heterocycles. The van der Waals surface area contributed by atoms with Crippen molar-refractivity contribution < 1.29 is 9.53 Å². The molecule has 1 aromatic heterocycles. The van der Waals surface area contributed by atoms with Crippen LogP contribution in [0, 0.1) is 0 Å². The van der Waals surface area contributed by atoms with Crippen LogP contribution >= 0.6 is 0 Å². The number of ether oxygens (including phenoxy) is 1. The summed E-state index contributed by atoms with van der Waals surface area (Å²) in [4.78, 5) is 21.6. The molecule has 130 valence electrons. The fraction of sp³-hybridized carbons (Fsp3) is 0.400. The minimum atomic E-state index is -0.0195. The van der Waals surface area contributed by atoms with Gasteiger partial charge < -0.3 is 9.64 Å². The van der Waals surface area contributed by atoms with Gasteiger partial charge in [0.1, 0.15) is 17.1 Å². The number of pyridine rings is 1. The fourth-order valence-corrected chi connectivity index (χ4v) is 4.17. The third-order valence-corrected chi connectivity index (χ3v) is 5.36. The van der Waals surface area contributed by atoms with Gasteiger partial charge in [-0.3, -0.25) is 14.7 Å². The van der Waals surface area contributed by atoms with E-state index >= 15 is 0 Å². The number of carbonyl (C=O) groups excluding carboxylic acids is 1. The van der Waals surface area contributed by atoms with Crippen LogP contribution in [0.3, 0.4) is 0 Å². The molecule has 1 amide bonds. The second-order valence-corrected chi connectivity index (χ2v) is 6.65. The molecule has 25 heavy (non-hydrogen) atoms. The Hall–Kier alpha value is -2.56. The molecule has 1 aromatic carbocycles. The van der Waals surface area contributed by atoms with Gasteiger partial charge in [-0.25, -0.2) is 0 Å². The Morgan fingerprint density at radius 1 is 1.32 bits per heavy atom. The second-order valence-electron chi connectivity index (χ2n) is 6.65. The van der Waals surface area contributed by atoms with Crippen molar-refractivity contribution in [1.29, 1.82) is 0 Å². The Labute approximate surface area is 147 Å². The van der Waals surface area contributed by atoms with Crippen LogP contribution in [0.2, 0.25) is 0 Å². The molecule has 1 aliphatic carbocycles. The van der Waals surface area contributed by atoms with Gasteiger partial charge in [-0.15, -0.1) is 0 Å². The predicted molar refractivity (Wildman–Crippen MR) is 98.9 cm³/mol. The Morgan fingerprint density at radius 2 is 2.08 bits per heavy atom. The first kappa shape index (κ1) is 15.9. The molecule has 0 unspecified atom stereocenters. The summed E-state index contributed by atoms with van der Waals surface area (Å²) in [6.45, 7) is 6.86. The van der Waals surface area contributed by atoms with Gasteiger partial charge in [0.15, 0.2) is 0 Å². The summed E-state index contributed by atoms with van der Waals surface area (Å²) >= 11 is 0. The van der Waals surface area contributed by atoms with Gasteiger partial charge in [0.25, 0.3) is 5.91 Å². The Balaban J connectivity index is 2.01. The predicted octanol–water partition coefficient (Wildman–Crippen LogP) is 3.94. The summed E-state index contributed by atoms with van der Waals surface area (Å²) in [5, 5.41) is 0.953. The molecule has 4 rings (SSSR count). The van der Waals surface area contributed by atoms with E-state index in [9.17, 15) is 4.79 Å². The van der Waals surface area contributed by atoms with Gasteiger partial charge in [0.05, 0.1) is 18.4 Å². The number of para-hydroxylation sites is 1. The standard InChI is InChI=1S/C20H23N3O2/c1-4-22-13(2)23(14-8-5-6-9-14)19-15-10-7-11-17(25-3)18(15)21-12-16(19)20(22)24/h7,10-12,14H,2,4-6,8-9H2,1,3H3. The van der Waals surface area contributed by atoms with E-state index in [0.717, 1.165) is 41.0 Å². The third-order valence-electron chi connectivity index (χ3n) is 5.36. The normalized spacial score (nSPS) is 18.2. The highest BCUT2D eigenvalue weighted by molar-refractivity contribution is 6.11. The third kappa shape index (κ3) is 2.29. The first-order chi connectivity index (χ1) is 12.2. The summed E-state index contributed by atoms with van der Waals surface area (Å²) < 4.78 is 5.48. The summed E-state index contributed by atoms with van der Waals surface area (Å²) in [5.74, 6) is 1.49. The number of hydrogen-bond acceptors (Lipinski definition) is 4. The van der Waals surface area contributed by atoms with Crippen LogP contribution in [0.4, 0.5) is 5.69 Å². The maximum Gasteiger partial charge on any atom is 0.263 e. The van der Waals surface area contributed by atoms with Crippen molar-refractivity contribution in [2.45, 2.75) is 38.6 Å². The number of hydrogen-bond donors (Lipinski definition) is 0. The van der Waals surface area contributed by atoms with E-state index in [1.54, 1.807) is 18.2 Å². The van der Waals surface area contributed by atoms with Crippen molar-refractivity contribution in [3.8, 4) is 5.75 Å². The van der Waals surface area contributed by atoms with Crippen molar-refractivity contribution in [3.05, 3.63) is 42.4 Å². The highest BCUT2D eigenvalue weighted by Crippen LogP contribution is 2.43. The molecule has 0 N–H and O–H groups in total. The molecule has 2 aliphatic rings. The van der Waals surface area contributed by atoms with Crippen LogP contribution in [-0.2, 0) is 0 Å². The van der Waals surface area contributed by atoms with Gasteiger partial charge in [0, 0.05) is 24.2 Å². The van der Waals surface area contributed by atoms with Gasteiger partial charge >= 0.3 is 0 Å². The molecular weight excluding hydrogens is 314 g/mol. The van der Waals surface area contributed by atoms with E-state index in [1.807, 2.05) is 25.1 Å². The lowest BCUT2D eigenvalue weighted by Gasteiger charge is -2.43. The average Bonchev–Trinajstić information content (AvgIpc) is 3.15. The number of methoxy groups -OCH3 is 1. The summed E-state index contributed by atoms with van der Waals surface area (Å²) in [6.07, 6.45) is 6.38. The van der Waals surface area contributed by atoms with Crippen molar-refractivity contribution >= 4 is 22.5 Å². The highest BCUT2D eigenvalue weighted by Gasteiger charge is 2.38. The molecular formula is C20H23N3O2. The molecule has 1 fully saturated rings. The van der Waals surface area contributed by atoms with E-state index in [2.05, 4.69) is 16.5 Å². The van der Waals surface area contributed by atoms with E-state index in [4.69, 9.17) is 4.74 Å². The largest absolute Gasteiger partial charge is 0.494 e. The number of anilines is 1. The first-order valence-corrected chi connectivity index (χ1v) is 8.93. The molecule has 1 aliphatic heterocycles. The van der Waals surface area contributed by atoms with Crippen molar-refractivity contribution in [1.82, 2.24) is 9.88 Å². The number of benzene rings is 1. The summed E-state index contributed by atoms with van der Waals surface area (Å²) in [6, 6.07) is 6.26. The van der Waals surface area contributed by atoms with E-state index in [-0.39, 0.29) is 5.91 Å². The van der Waals surface area contributed by atoms with Crippen LogP contribution in [0.5, 0.6) is 5.75 Å². The quantitative estimate of drug-likeness (QED) is 0.851. The second kappa shape index (κ2) is 6.06. The Bertz CT molecular complexity index is 855. The molecule has 2 aromatic rings. The molecule has 1 saturated carbocycles. The number of carbonyl (C=O) groups is 1. The van der Waals surface area contributed by atoms with Crippen molar-refractivity contribution in [2.24, 2.45) is 0 Å². The maximum absolute atomic E-state index is 13.0. The Morgan fingerprint density at radius 3 is 2.76 bits per heavy atom. The zero-order chi connectivity index (χ0) is 17.6. The molecule has 0 atom stereocenters. The van der Waals surface area contributed by atoms with Crippen LogP contribution in [0.15, 0.2) is 36.8 Å². The lowest BCUT2D eigenvalue weighted by Crippen LogP contribution is -2.47. The molecule has 5 heteroatoms. The first-order valence-electron chi connectivity index (χ1n) is 8.93. The van der Waals surface area contributed by atoms with Crippen molar-refractivity contribution in [3.63, 3.8) is 0 Å². The number of nitrogens with zero attached hydrogens (tertiary/aromatic N) is 3. The molecule has 0 saturated heterocycles. The lowest BCUT2D eigenvalue weighted by atomic mass is 10.0. The van der Waals surface area contributed by atoms with Crippen LogP contribution in [-0.4, -0.2) is 35.5 Å². The van der Waals surface area contributed by atoms with Crippen LogP contribution in [0.1, 0.15) is 43.0 Å².